The summed E-state index contributed by atoms with van der Waals surface area (Å²) in [5.74, 6) is 4.65. The number of carboxylic acids is 1. The van der Waals surface area contributed by atoms with E-state index in [0.717, 1.165) is 161 Å². The van der Waals surface area contributed by atoms with E-state index in [1.54, 1.807) is 0 Å². The number of carboxylic acid groups (broad SMARTS) is 1. The summed E-state index contributed by atoms with van der Waals surface area (Å²) >= 11 is 0. The molecule has 358 valence electrons. The molecule has 11 heteroatoms. The normalized spacial score (nSPS) is 58.4. The number of carbonyl (C=O) groups is 5. The van der Waals surface area contributed by atoms with Gasteiger partial charge in [-0.3, -0.25) is 24.0 Å². The van der Waals surface area contributed by atoms with E-state index in [1.165, 1.54) is 12.8 Å². The van der Waals surface area contributed by atoms with E-state index >= 15 is 9.59 Å². The SMILES string of the molecule is NC12C[C@H]3C[C@@H](C1)CC(C(=O)NC14C[C@H]5C[C@@H](C1)CC(C(=O)NC16C[C@H]7C[C@@H](C1)CC(C(=O)NC18C[C@H]9C[C@@H](C1)CC(C(=O)NC1%10C[C@H]%11C[C@@H](C1)CC(C(=O)O)(C%11)C%10)(C9)C8)(C7)C6)(C5)C4)(C3)C2. The van der Waals surface area contributed by atoms with Gasteiger partial charge in [-0.1, -0.05) is 0 Å². The summed E-state index contributed by atoms with van der Waals surface area (Å²) in [7, 11) is 0. The minimum Gasteiger partial charge on any atom is -0.481 e. The molecule has 20 bridgehead atoms. The molecule has 0 saturated heterocycles. The second kappa shape index (κ2) is 12.6. The third-order valence-corrected chi connectivity index (χ3v) is 24.2. The number of hydrogen-bond acceptors (Lipinski definition) is 6. The molecular weight excluding hydrogens is 827 g/mol. The standard InChI is InChI=1S/C55H77N5O6/c56-51-16-31-1-32(17-51)7-46(6-31,26-51)41(61)57-52-18-33-2-34(19-52)9-47(8-33,27-52)42(62)58-53-20-35-3-36(21-53)11-48(10-35,28-53)43(63)59-54-22-37-4-38(23-54)13-49(12-37,29-54)44(64)60-55-24-39-5-40(25-55)15-50(14-39,30-55)45(65)66/h31-40H,1-30,56H2,(H,57,61)(H,58,62)(H,59,63)(H,60,64)(H,65,66)/t31-,32+,33-,34+,35-,36+,37-,38+,39-,40+,46?,47?,48?,49?,50?,51?,52?,53?,54?,55?. The van der Waals surface area contributed by atoms with Crippen LogP contribution in [0.1, 0.15) is 193 Å². The molecule has 0 aromatic carbocycles. The van der Waals surface area contributed by atoms with Crippen molar-refractivity contribution in [1.29, 1.82) is 0 Å². The third kappa shape index (κ3) is 5.73. The molecule has 20 fully saturated rings. The molecule has 0 aromatic rings. The van der Waals surface area contributed by atoms with Crippen molar-refractivity contribution < 1.29 is 29.1 Å². The summed E-state index contributed by atoms with van der Waals surface area (Å²) in [6, 6.07) is 0. The summed E-state index contributed by atoms with van der Waals surface area (Å²) in [6.07, 6.45) is 28.0. The Morgan fingerprint density at radius 2 is 0.530 bits per heavy atom. The quantitative estimate of drug-likeness (QED) is 0.142. The molecule has 20 saturated carbocycles. The molecule has 0 heterocycles. The fraction of sp³-hybridized carbons (Fsp3) is 0.909. The second-order valence-corrected chi connectivity index (χ2v) is 29.8. The van der Waals surface area contributed by atoms with Crippen LogP contribution in [0.2, 0.25) is 0 Å². The minimum absolute atomic E-state index is 0.150. The van der Waals surface area contributed by atoms with Crippen LogP contribution in [0.15, 0.2) is 0 Å². The largest absolute Gasteiger partial charge is 0.481 e. The van der Waals surface area contributed by atoms with Crippen molar-refractivity contribution in [3.05, 3.63) is 0 Å². The van der Waals surface area contributed by atoms with Gasteiger partial charge in [-0.25, -0.2) is 0 Å². The highest BCUT2D eigenvalue weighted by Gasteiger charge is 2.69. The van der Waals surface area contributed by atoms with Crippen LogP contribution in [-0.2, 0) is 24.0 Å². The lowest BCUT2D eigenvalue weighted by molar-refractivity contribution is -0.175. The minimum atomic E-state index is -0.694. The maximum absolute atomic E-state index is 15.4. The van der Waals surface area contributed by atoms with Gasteiger partial charge in [0.15, 0.2) is 0 Å². The number of nitrogens with two attached hydrogens (primary N) is 1. The summed E-state index contributed by atoms with van der Waals surface area (Å²) in [6.45, 7) is 0. The number of aliphatic carboxylic acids is 1. The first kappa shape index (κ1) is 41.1. The fourth-order valence-corrected chi connectivity index (χ4v) is 24.8. The van der Waals surface area contributed by atoms with E-state index in [9.17, 15) is 19.5 Å². The lowest BCUT2D eigenvalue weighted by Gasteiger charge is -2.66. The van der Waals surface area contributed by atoms with Gasteiger partial charge in [0.05, 0.1) is 27.1 Å². The Bertz CT molecular complexity index is 2180. The number of carbonyl (C=O) groups excluding carboxylic acids is 4. The van der Waals surface area contributed by atoms with Gasteiger partial charge in [0, 0.05) is 27.7 Å². The molecule has 66 heavy (non-hydrogen) atoms. The van der Waals surface area contributed by atoms with E-state index in [4.69, 9.17) is 5.73 Å². The first-order valence-corrected chi connectivity index (χ1v) is 27.6. The highest BCUT2D eigenvalue weighted by atomic mass is 16.4. The van der Waals surface area contributed by atoms with Crippen molar-refractivity contribution in [3.63, 3.8) is 0 Å². The lowest BCUT2D eigenvalue weighted by Crippen LogP contribution is -2.72. The van der Waals surface area contributed by atoms with Crippen LogP contribution in [0, 0.1) is 86.3 Å². The molecule has 20 atom stereocenters. The molecule has 20 rings (SSSR count). The Balaban J connectivity index is 0.661. The lowest BCUT2D eigenvalue weighted by atomic mass is 9.44. The average Bonchev–Trinajstić information content (AvgIpc) is 3.17. The molecule has 0 radical (unpaired) electrons. The molecule has 20 aliphatic carbocycles. The first-order valence-electron chi connectivity index (χ1n) is 27.6. The number of rotatable bonds is 9. The van der Waals surface area contributed by atoms with E-state index in [0.29, 0.717) is 78.4 Å². The maximum atomic E-state index is 15.4. The summed E-state index contributed by atoms with van der Waals surface area (Å²) in [5.41, 5.74) is 2.81. The highest BCUT2D eigenvalue weighted by Crippen LogP contribution is 2.68. The fourth-order valence-electron chi connectivity index (χ4n) is 24.8. The molecule has 7 N–H and O–H groups in total. The number of hydrogen-bond donors (Lipinski definition) is 6. The van der Waals surface area contributed by atoms with Crippen molar-refractivity contribution in [2.24, 2.45) is 92.0 Å². The molecule has 20 aliphatic rings. The molecule has 0 aliphatic heterocycles. The summed E-state index contributed by atoms with van der Waals surface area (Å²) in [5, 5.41) is 25.6. The Morgan fingerprint density at radius 1 is 0.318 bits per heavy atom. The van der Waals surface area contributed by atoms with E-state index in [1.807, 2.05) is 0 Å². The first-order chi connectivity index (χ1) is 31.3. The Morgan fingerprint density at radius 3 is 0.773 bits per heavy atom. The van der Waals surface area contributed by atoms with Crippen molar-refractivity contribution in [3.8, 4) is 0 Å². The van der Waals surface area contributed by atoms with E-state index in [2.05, 4.69) is 21.3 Å². The van der Waals surface area contributed by atoms with Crippen molar-refractivity contribution in [2.75, 3.05) is 0 Å². The summed E-state index contributed by atoms with van der Waals surface area (Å²) < 4.78 is 0. The average molecular weight is 904 g/mol. The topological polar surface area (TPSA) is 180 Å². The number of amides is 4. The molecule has 0 spiro atoms. The zero-order chi connectivity index (χ0) is 44.7. The van der Waals surface area contributed by atoms with Crippen molar-refractivity contribution in [2.45, 2.75) is 220 Å². The molecule has 4 amide bonds. The smallest absolute Gasteiger partial charge is 0.309 e. The van der Waals surface area contributed by atoms with Gasteiger partial charge >= 0.3 is 5.97 Å². The second-order valence-electron chi connectivity index (χ2n) is 29.8. The Kier molecular flexibility index (Phi) is 7.85. The van der Waals surface area contributed by atoms with Crippen LogP contribution in [0.4, 0.5) is 0 Å². The van der Waals surface area contributed by atoms with Crippen LogP contribution >= 0.6 is 0 Å². The van der Waals surface area contributed by atoms with Crippen LogP contribution in [0.25, 0.3) is 0 Å². The van der Waals surface area contributed by atoms with Crippen LogP contribution in [0.3, 0.4) is 0 Å². The van der Waals surface area contributed by atoms with Gasteiger partial charge in [0.2, 0.25) is 23.6 Å². The van der Waals surface area contributed by atoms with Gasteiger partial charge in [0.1, 0.15) is 0 Å². The van der Waals surface area contributed by atoms with E-state index in [-0.39, 0.29) is 51.2 Å². The van der Waals surface area contributed by atoms with Crippen molar-refractivity contribution >= 4 is 29.6 Å². The third-order valence-electron chi connectivity index (χ3n) is 24.2. The highest BCUT2D eigenvalue weighted by molar-refractivity contribution is 5.89. The van der Waals surface area contributed by atoms with Crippen molar-refractivity contribution in [1.82, 2.24) is 21.3 Å². The Labute approximate surface area is 390 Å². The van der Waals surface area contributed by atoms with Gasteiger partial charge in [-0.2, -0.15) is 0 Å². The predicted molar refractivity (Wildman–Crippen MR) is 244 cm³/mol. The maximum Gasteiger partial charge on any atom is 0.309 e. The number of nitrogens with one attached hydrogen (secondary N) is 4. The zero-order valence-corrected chi connectivity index (χ0v) is 39.6. The van der Waals surface area contributed by atoms with Crippen LogP contribution in [-0.4, -0.2) is 62.4 Å². The molecule has 0 aromatic heterocycles. The van der Waals surface area contributed by atoms with Gasteiger partial charge in [0.25, 0.3) is 0 Å². The molecule has 11 nitrogen and oxygen atoms in total. The van der Waals surface area contributed by atoms with Crippen LogP contribution in [0.5, 0.6) is 0 Å². The van der Waals surface area contributed by atoms with E-state index < -0.39 is 33.2 Å². The Hall–Kier alpha value is -2.69. The van der Waals surface area contributed by atoms with Gasteiger partial charge in [-0.15, -0.1) is 0 Å². The van der Waals surface area contributed by atoms with Gasteiger partial charge < -0.3 is 32.1 Å². The monoisotopic (exact) mass is 904 g/mol. The molecular formula is C55H77N5O6. The molecule has 10 unspecified atom stereocenters. The van der Waals surface area contributed by atoms with Crippen LogP contribution < -0.4 is 27.0 Å². The summed E-state index contributed by atoms with van der Waals surface area (Å²) in [4.78, 5) is 73.1. The predicted octanol–water partition coefficient (Wildman–Crippen LogP) is 7.19. The van der Waals surface area contributed by atoms with Gasteiger partial charge in [-0.05, 0) is 252 Å². The zero-order valence-electron chi connectivity index (χ0n) is 39.6.